The van der Waals surface area contributed by atoms with Gasteiger partial charge in [0.25, 0.3) is 0 Å². The molecule has 0 radical (unpaired) electrons. The summed E-state index contributed by atoms with van der Waals surface area (Å²) in [6, 6.07) is 2.43. The number of hydrogen-bond acceptors (Lipinski definition) is 1. The molecule has 3 aromatic rings. The zero-order valence-electron chi connectivity index (χ0n) is 12.3. The molecule has 1 aromatic heterocycles. The first-order valence-corrected chi connectivity index (χ1v) is 9.13. The van der Waals surface area contributed by atoms with E-state index >= 15 is 0 Å². The van der Waals surface area contributed by atoms with Crippen molar-refractivity contribution >= 4 is 63.4 Å². The van der Waals surface area contributed by atoms with Crippen LogP contribution in [0.2, 0.25) is 0 Å². The average molecular weight is 546 g/mol. The number of fused-ring (bicyclic) bond motifs is 3. The van der Waals surface area contributed by atoms with Crippen LogP contribution >= 0.6 is 43.2 Å². The summed E-state index contributed by atoms with van der Waals surface area (Å²) in [7, 11) is 0. The molecule has 12 heteroatoms. The van der Waals surface area contributed by atoms with Crippen molar-refractivity contribution in [3.8, 4) is 0 Å². The highest BCUT2D eigenvalue weighted by atomic mass is 79.9. The fourth-order valence-electron chi connectivity index (χ4n) is 2.65. The Labute approximate surface area is 165 Å². The Kier molecular flexibility index (Phi) is 4.79. The van der Waals surface area contributed by atoms with Gasteiger partial charge in [-0.25, -0.2) is 0 Å². The molecule has 0 saturated carbocycles. The molecule has 146 valence electrons. The fraction of sp³-hybridized carbons (Fsp3) is 0.200. The molecule has 0 aliphatic carbocycles. The number of rotatable bonds is 0. The van der Waals surface area contributed by atoms with E-state index in [2.05, 4.69) is 31.9 Å². The second kappa shape index (κ2) is 6.24. The molecule has 0 atom stereocenters. The van der Waals surface area contributed by atoms with Crippen molar-refractivity contribution in [2.45, 2.75) is 18.5 Å². The summed E-state index contributed by atoms with van der Waals surface area (Å²) in [5.74, 6) is 0. The molecule has 0 fully saturated rings. The lowest BCUT2D eigenvalue weighted by Crippen LogP contribution is -2.12. The molecule has 0 amide bonds. The number of alkyl halides is 9. The summed E-state index contributed by atoms with van der Waals surface area (Å²) in [6.07, 6.45) is -15.3. The van der Waals surface area contributed by atoms with Crippen molar-refractivity contribution in [3.63, 3.8) is 0 Å². The van der Waals surface area contributed by atoms with E-state index in [4.69, 9.17) is 0 Å². The highest BCUT2D eigenvalue weighted by Gasteiger charge is 2.43. The van der Waals surface area contributed by atoms with Gasteiger partial charge in [-0.2, -0.15) is 39.5 Å². The third kappa shape index (κ3) is 3.44. The Morgan fingerprint density at radius 2 is 1.19 bits per heavy atom. The van der Waals surface area contributed by atoms with Gasteiger partial charge in [-0.3, -0.25) is 0 Å². The van der Waals surface area contributed by atoms with Crippen LogP contribution in [0.1, 0.15) is 16.7 Å². The SMILES string of the molecule is FC(F)(F)c1cc2c(sc3c(C(F)(F)F)c(Br)ccc32)c(C(F)(F)F)c1Br. The summed E-state index contributed by atoms with van der Waals surface area (Å²) in [5.41, 5.74) is -4.50. The van der Waals surface area contributed by atoms with Gasteiger partial charge in [0, 0.05) is 29.1 Å². The molecule has 27 heavy (non-hydrogen) atoms. The van der Waals surface area contributed by atoms with Gasteiger partial charge in [-0.05, 0) is 28.1 Å². The highest BCUT2D eigenvalue weighted by molar-refractivity contribution is 9.10. The van der Waals surface area contributed by atoms with Crippen LogP contribution in [0.25, 0.3) is 20.2 Å². The molecule has 0 saturated heterocycles. The summed E-state index contributed by atoms with van der Waals surface area (Å²) < 4.78 is 117. The Hall–Kier alpha value is -1.01. The molecule has 0 N–H and O–H groups in total. The molecule has 0 bridgehead atoms. The van der Waals surface area contributed by atoms with E-state index in [1.807, 2.05) is 0 Å². The molecule has 2 aromatic carbocycles. The molecule has 0 unspecified atom stereocenters. The Balaban J connectivity index is 2.61. The maximum Gasteiger partial charge on any atom is 0.418 e. The third-order valence-electron chi connectivity index (χ3n) is 3.69. The van der Waals surface area contributed by atoms with E-state index in [0.29, 0.717) is 6.07 Å². The van der Waals surface area contributed by atoms with E-state index in [9.17, 15) is 39.5 Å². The first-order valence-electron chi connectivity index (χ1n) is 6.73. The number of thiophene rings is 1. The zero-order chi connectivity index (χ0) is 20.5. The summed E-state index contributed by atoms with van der Waals surface area (Å²) in [6.45, 7) is 0. The Morgan fingerprint density at radius 3 is 1.67 bits per heavy atom. The molecule has 0 aliphatic heterocycles. The monoisotopic (exact) mass is 544 g/mol. The largest absolute Gasteiger partial charge is 0.418 e. The van der Waals surface area contributed by atoms with Crippen molar-refractivity contribution in [3.05, 3.63) is 43.8 Å². The van der Waals surface area contributed by atoms with Crippen LogP contribution in [0.15, 0.2) is 27.1 Å². The fourth-order valence-corrected chi connectivity index (χ4v) is 5.65. The minimum atomic E-state index is -5.21. The quantitative estimate of drug-likeness (QED) is 0.248. The van der Waals surface area contributed by atoms with Gasteiger partial charge in [-0.1, -0.05) is 22.0 Å². The first-order chi connectivity index (χ1) is 12.1. The van der Waals surface area contributed by atoms with Crippen LogP contribution < -0.4 is 0 Å². The van der Waals surface area contributed by atoms with Crippen molar-refractivity contribution in [2.75, 3.05) is 0 Å². The van der Waals surface area contributed by atoms with Gasteiger partial charge >= 0.3 is 18.5 Å². The minimum absolute atomic E-state index is 0.149. The third-order valence-corrected chi connectivity index (χ3v) is 6.43. The Morgan fingerprint density at radius 1 is 0.667 bits per heavy atom. The standard InChI is InChI=1S/C15H3Br2F9S/c16-7-2-1-4-5-3-6(13(18,19)20)10(17)9(15(24,25)26)12(5)27-11(4)8(7)14(21,22)23/h1-3H. The van der Waals surface area contributed by atoms with Crippen LogP contribution in [0.3, 0.4) is 0 Å². The Bertz CT molecular complexity index is 1060. The minimum Gasteiger partial charge on any atom is -0.166 e. The van der Waals surface area contributed by atoms with Crippen molar-refractivity contribution in [1.29, 1.82) is 0 Å². The van der Waals surface area contributed by atoms with Crippen molar-refractivity contribution < 1.29 is 39.5 Å². The van der Waals surface area contributed by atoms with E-state index in [0.717, 1.165) is 12.1 Å². The van der Waals surface area contributed by atoms with Gasteiger partial charge < -0.3 is 0 Å². The first kappa shape index (κ1) is 20.7. The van der Waals surface area contributed by atoms with Crippen LogP contribution in [0.4, 0.5) is 39.5 Å². The van der Waals surface area contributed by atoms with E-state index in [1.54, 1.807) is 0 Å². The van der Waals surface area contributed by atoms with Crippen molar-refractivity contribution in [2.24, 2.45) is 0 Å². The smallest absolute Gasteiger partial charge is 0.166 e. The highest BCUT2D eigenvalue weighted by Crippen LogP contribution is 2.52. The molecule has 0 nitrogen and oxygen atoms in total. The molecular weight excluding hydrogens is 543 g/mol. The van der Waals surface area contributed by atoms with E-state index < -0.39 is 59.0 Å². The van der Waals surface area contributed by atoms with E-state index in [-0.39, 0.29) is 16.7 Å². The number of halogens is 11. The molecular formula is C15H3Br2F9S. The average Bonchev–Trinajstić information content (AvgIpc) is 2.79. The predicted octanol–water partition coefficient (Wildman–Crippen LogP) is 8.64. The predicted molar refractivity (Wildman–Crippen MR) is 89.7 cm³/mol. The van der Waals surface area contributed by atoms with Gasteiger partial charge in [0.15, 0.2) is 0 Å². The molecule has 0 spiro atoms. The maximum absolute atomic E-state index is 13.5. The van der Waals surface area contributed by atoms with Crippen LogP contribution in [0, 0.1) is 0 Å². The topological polar surface area (TPSA) is 0 Å². The molecule has 1 heterocycles. The van der Waals surface area contributed by atoms with Gasteiger partial charge in [0.2, 0.25) is 0 Å². The summed E-state index contributed by atoms with van der Waals surface area (Å²) >= 11 is 5.19. The van der Waals surface area contributed by atoms with Crippen LogP contribution in [-0.2, 0) is 18.5 Å². The second-order valence-corrected chi connectivity index (χ2v) is 8.05. The number of benzene rings is 2. The van der Waals surface area contributed by atoms with Gasteiger partial charge in [-0.15, -0.1) is 11.3 Å². The van der Waals surface area contributed by atoms with Gasteiger partial charge in [0.1, 0.15) is 0 Å². The zero-order valence-corrected chi connectivity index (χ0v) is 16.3. The lowest BCUT2D eigenvalue weighted by molar-refractivity contribution is -0.143. The second-order valence-electron chi connectivity index (χ2n) is 5.38. The lowest BCUT2D eigenvalue weighted by Gasteiger charge is -2.16. The summed E-state index contributed by atoms with van der Waals surface area (Å²) in [4.78, 5) is 0. The molecule has 0 aliphatic rings. The van der Waals surface area contributed by atoms with Gasteiger partial charge in [0.05, 0.1) is 16.7 Å². The lowest BCUT2D eigenvalue weighted by atomic mass is 10.0. The molecule has 3 rings (SSSR count). The van der Waals surface area contributed by atoms with Crippen molar-refractivity contribution in [1.82, 2.24) is 0 Å². The number of hydrogen-bond donors (Lipinski definition) is 0. The normalized spacial score (nSPS) is 13.7. The maximum atomic E-state index is 13.5. The van der Waals surface area contributed by atoms with Crippen LogP contribution in [0.5, 0.6) is 0 Å². The van der Waals surface area contributed by atoms with Crippen LogP contribution in [-0.4, -0.2) is 0 Å². The van der Waals surface area contributed by atoms with E-state index in [1.165, 1.54) is 0 Å². The summed E-state index contributed by atoms with van der Waals surface area (Å²) in [5, 5.41) is -0.884.